The largest absolute Gasteiger partial charge is 0.497 e. The van der Waals surface area contributed by atoms with Gasteiger partial charge >= 0.3 is 0 Å². The zero-order valence-electron chi connectivity index (χ0n) is 13.2. The molecule has 0 aromatic heterocycles. The molecule has 1 amide bonds. The number of anilines is 1. The van der Waals surface area contributed by atoms with Crippen molar-refractivity contribution in [1.82, 2.24) is 0 Å². The zero-order valence-corrected chi connectivity index (χ0v) is 13.2. The second-order valence-electron chi connectivity index (χ2n) is 4.77. The third-order valence-electron chi connectivity index (χ3n) is 3.24. The fourth-order valence-electron chi connectivity index (χ4n) is 2.04. The molecule has 130 valence electrons. The number of hydrogen-bond acceptors (Lipinski definition) is 7. The van der Waals surface area contributed by atoms with Crippen LogP contribution >= 0.6 is 0 Å². The molecule has 10 heteroatoms. The Labute approximate surface area is 141 Å². The van der Waals surface area contributed by atoms with Crippen molar-refractivity contribution >= 4 is 23.0 Å². The van der Waals surface area contributed by atoms with Crippen LogP contribution in [0.25, 0.3) is 0 Å². The van der Waals surface area contributed by atoms with Gasteiger partial charge in [0, 0.05) is 18.2 Å². The number of non-ortho nitro benzene ring substituents is 2. The first kappa shape index (κ1) is 17.7. The van der Waals surface area contributed by atoms with Crippen molar-refractivity contribution in [3.8, 4) is 11.5 Å². The Hall–Kier alpha value is -3.69. The molecule has 10 nitrogen and oxygen atoms in total. The van der Waals surface area contributed by atoms with E-state index in [1.54, 1.807) is 12.1 Å². The summed E-state index contributed by atoms with van der Waals surface area (Å²) in [7, 11) is 2.84. The number of hydrogen-bond donors (Lipinski definition) is 1. The lowest BCUT2D eigenvalue weighted by molar-refractivity contribution is -0.394. The molecule has 25 heavy (non-hydrogen) atoms. The maximum absolute atomic E-state index is 12.4. The van der Waals surface area contributed by atoms with E-state index >= 15 is 0 Å². The number of benzene rings is 2. The van der Waals surface area contributed by atoms with E-state index in [0.717, 1.165) is 18.2 Å². The van der Waals surface area contributed by atoms with Gasteiger partial charge in [0.2, 0.25) is 0 Å². The van der Waals surface area contributed by atoms with Crippen LogP contribution in [0, 0.1) is 20.2 Å². The Bertz CT molecular complexity index is 819. The van der Waals surface area contributed by atoms with Crippen LogP contribution in [0.1, 0.15) is 10.4 Å². The number of nitrogens with one attached hydrogen (secondary N) is 1. The lowest BCUT2D eigenvalue weighted by Crippen LogP contribution is -2.13. The van der Waals surface area contributed by atoms with Crippen LogP contribution in [-0.2, 0) is 0 Å². The van der Waals surface area contributed by atoms with E-state index in [9.17, 15) is 25.0 Å². The Kier molecular flexibility index (Phi) is 5.12. The number of carbonyl (C=O) groups is 1. The molecule has 2 aromatic rings. The second-order valence-corrected chi connectivity index (χ2v) is 4.77. The van der Waals surface area contributed by atoms with Crippen LogP contribution in [0.3, 0.4) is 0 Å². The molecule has 2 rings (SSSR count). The van der Waals surface area contributed by atoms with Gasteiger partial charge in [-0.15, -0.1) is 0 Å². The number of rotatable bonds is 6. The minimum absolute atomic E-state index is 0.231. The van der Waals surface area contributed by atoms with Gasteiger partial charge in [-0.25, -0.2) is 0 Å². The maximum Gasteiger partial charge on any atom is 0.277 e. The first-order valence-electron chi connectivity index (χ1n) is 6.83. The summed E-state index contributed by atoms with van der Waals surface area (Å²) in [6.07, 6.45) is 0. The standard InChI is InChI=1S/C15H13N3O7/c1-24-12-3-4-14(25-2)13(8-12)16-15(19)9-5-10(17(20)21)7-11(6-9)18(22)23/h3-8H,1-2H3,(H,16,19). The Balaban J connectivity index is 2.41. The summed E-state index contributed by atoms with van der Waals surface area (Å²) in [5.41, 5.74) is -1.10. The number of amides is 1. The molecule has 0 saturated heterocycles. The molecule has 0 aliphatic heterocycles. The van der Waals surface area contributed by atoms with E-state index in [2.05, 4.69) is 5.32 Å². The molecule has 0 spiro atoms. The molecule has 0 fully saturated rings. The Morgan fingerprint density at radius 3 is 2.04 bits per heavy atom. The molecule has 0 saturated carbocycles. The molecule has 1 N–H and O–H groups in total. The van der Waals surface area contributed by atoms with Crippen molar-refractivity contribution in [3.63, 3.8) is 0 Å². The molecule has 0 bridgehead atoms. The monoisotopic (exact) mass is 347 g/mol. The number of nitro groups is 2. The van der Waals surface area contributed by atoms with Gasteiger partial charge in [-0.2, -0.15) is 0 Å². The van der Waals surface area contributed by atoms with E-state index in [1.807, 2.05) is 0 Å². The van der Waals surface area contributed by atoms with Crippen molar-refractivity contribution in [2.75, 3.05) is 19.5 Å². The summed E-state index contributed by atoms with van der Waals surface area (Å²) in [5.74, 6) is 0.00792. The predicted octanol–water partition coefficient (Wildman–Crippen LogP) is 2.77. The molecule has 0 radical (unpaired) electrons. The van der Waals surface area contributed by atoms with Gasteiger partial charge in [-0.1, -0.05) is 0 Å². The van der Waals surface area contributed by atoms with Crippen LogP contribution in [0.2, 0.25) is 0 Å². The summed E-state index contributed by atoms with van der Waals surface area (Å²) < 4.78 is 10.2. The van der Waals surface area contributed by atoms with Crippen molar-refractivity contribution < 1.29 is 24.1 Å². The molecule has 0 heterocycles. The van der Waals surface area contributed by atoms with Crippen LogP contribution < -0.4 is 14.8 Å². The summed E-state index contributed by atoms with van der Waals surface area (Å²) in [4.78, 5) is 32.6. The summed E-state index contributed by atoms with van der Waals surface area (Å²) in [6, 6.07) is 7.35. The topological polar surface area (TPSA) is 134 Å². The summed E-state index contributed by atoms with van der Waals surface area (Å²) in [6.45, 7) is 0. The van der Waals surface area contributed by atoms with Crippen LogP contribution in [-0.4, -0.2) is 30.0 Å². The van der Waals surface area contributed by atoms with E-state index in [4.69, 9.17) is 9.47 Å². The molecular weight excluding hydrogens is 334 g/mol. The normalized spacial score (nSPS) is 10.0. The van der Waals surface area contributed by atoms with E-state index in [1.165, 1.54) is 20.3 Å². The van der Waals surface area contributed by atoms with Gasteiger partial charge in [-0.05, 0) is 12.1 Å². The van der Waals surface area contributed by atoms with Gasteiger partial charge in [0.1, 0.15) is 11.5 Å². The SMILES string of the molecule is COc1ccc(OC)c(NC(=O)c2cc([N+](=O)[O-])cc([N+](=O)[O-])c2)c1. The van der Waals surface area contributed by atoms with Gasteiger partial charge in [0.25, 0.3) is 17.3 Å². The number of nitrogens with zero attached hydrogens (tertiary/aromatic N) is 2. The van der Waals surface area contributed by atoms with Crippen LogP contribution in [0.15, 0.2) is 36.4 Å². The second kappa shape index (κ2) is 7.25. The minimum atomic E-state index is -0.810. The molecule has 0 unspecified atom stereocenters. The highest BCUT2D eigenvalue weighted by atomic mass is 16.6. The third kappa shape index (κ3) is 3.99. The molecular formula is C15H13N3O7. The van der Waals surface area contributed by atoms with E-state index < -0.39 is 27.1 Å². The average molecular weight is 347 g/mol. The number of nitro benzene ring substituents is 2. The van der Waals surface area contributed by atoms with Crippen molar-refractivity contribution in [1.29, 1.82) is 0 Å². The van der Waals surface area contributed by atoms with Crippen LogP contribution in [0.4, 0.5) is 17.1 Å². The first-order chi connectivity index (χ1) is 11.8. The highest BCUT2D eigenvalue weighted by Crippen LogP contribution is 2.30. The highest BCUT2D eigenvalue weighted by Gasteiger charge is 2.20. The van der Waals surface area contributed by atoms with Gasteiger partial charge in [-0.3, -0.25) is 25.0 Å². The van der Waals surface area contributed by atoms with Crippen molar-refractivity contribution in [2.45, 2.75) is 0 Å². The fraction of sp³-hybridized carbons (Fsp3) is 0.133. The highest BCUT2D eigenvalue weighted by molar-refractivity contribution is 6.06. The quantitative estimate of drug-likeness (QED) is 0.627. The van der Waals surface area contributed by atoms with Crippen molar-refractivity contribution in [3.05, 3.63) is 62.2 Å². The number of ether oxygens (including phenoxy) is 2. The smallest absolute Gasteiger partial charge is 0.277 e. The minimum Gasteiger partial charge on any atom is -0.497 e. The van der Waals surface area contributed by atoms with Gasteiger partial charge in [0.05, 0.1) is 41.4 Å². The van der Waals surface area contributed by atoms with Crippen LogP contribution in [0.5, 0.6) is 11.5 Å². The van der Waals surface area contributed by atoms with Crippen molar-refractivity contribution in [2.24, 2.45) is 0 Å². The molecule has 0 aliphatic carbocycles. The zero-order chi connectivity index (χ0) is 18.6. The fourth-order valence-corrected chi connectivity index (χ4v) is 2.04. The number of methoxy groups -OCH3 is 2. The lowest BCUT2D eigenvalue weighted by Gasteiger charge is -2.11. The predicted molar refractivity (Wildman–Crippen MR) is 87.2 cm³/mol. The first-order valence-corrected chi connectivity index (χ1v) is 6.83. The Morgan fingerprint density at radius 2 is 1.56 bits per heavy atom. The molecule has 0 aliphatic rings. The van der Waals surface area contributed by atoms with Gasteiger partial charge < -0.3 is 14.8 Å². The van der Waals surface area contributed by atoms with E-state index in [-0.39, 0.29) is 11.3 Å². The van der Waals surface area contributed by atoms with E-state index in [0.29, 0.717) is 11.5 Å². The molecule has 0 atom stereocenters. The average Bonchev–Trinajstić information content (AvgIpc) is 2.60. The summed E-state index contributed by atoms with van der Waals surface area (Å²) >= 11 is 0. The maximum atomic E-state index is 12.4. The summed E-state index contributed by atoms with van der Waals surface area (Å²) in [5, 5.41) is 24.3. The third-order valence-corrected chi connectivity index (χ3v) is 3.24. The lowest BCUT2D eigenvalue weighted by atomic mass is 10.1. The Morgan fingerprint density at radius 1 is 0.960 bits per heavy atom. The van der Waals surface area contributed by atoms with Gasteiger partial charge in [0.15, 0.2) is 0 Å². The molecule has 2 aromatic carbocycles. The number of carbonyl (C=O) groups excluding carboxylic acids is 1.